The smallest absolute Gasteiger partial charge is 0.0387 e. The van der Waals surface area contributed by atoms with Crippen LogP contribution in [0.5, 0.6) is 0 Å². The van der Waals surface area contributed by atoms with Crippen molar-refractivity contribution in [2.45, 2.75) is 18.9 Å². The van der Waals surface area contributed by atoms with Crippen molar-refractivity contribution in [3.63, 3.8) is 0 Å². The van der Waals surface area contributed by atoms with Crippen molar-refractivity contribution >= 4 is 12.6 Å². The molecule has 19 heavy (non-hydrogen) atoms. The van der Waals surface area contributed by atoms with Crippen molar-refractivity contribution in [1.82, 2.24) is 5.32 Å². The van der Waals surface area contributed by atoms with Crippen LogP contribution >= 0.6 is 12.6 Å². The highest BCUT2D eigenvalue weighted by molar-refractivity contribution is 7.80. The van der Waals surface area contributed by atoms with Gasteiger partial charge in [0.05, 0.1) is 0 Å². The fourth-order valence-corrected chi connectivity index (χ4v) is 2.54. The molecule has 0 radical (unpaired) electrons. The number of nitrogens with one attached hydrogen (secondary N) is 1. The van der Waals surface area contributed by atoms with Crippen molar-refractivity contribution < 1.29 is 0 Å². The third kappa shape index (κ3) is 3.85. The summed E-state index contributed by atoms with van der Waals surface area (Å²) in [5.74, 6) is 1.29. The van der Waals surface area contributed by atoms with E-state index in [4.69, 9.17) is 0 Å². The molecule has 0 saturated carbocycles. The highest BCUT2D eigenvalue weighted by atomic mass is 32.1. The average Bonchev–Trinajstić information content (AvgIpc) is 2.49. The summed E-state index contributed by atoms with van der Waals surface area (Å²) in [6, 6.07) is 21.6. The lowest BCUT2D eigenvalue weighted by molar-refractivity contribution is 0.481. The van der Waals surface area contributed by atoms with Crippen LogP contribution in [0.4, 0.5) is 0 Å². The molecule has 0 amide bonds. The molecule has 0 aromatic heterocycles. The first-order chi connectivity index (χ1) is 9.33. The predicted octanol–water partition coefficient (Wildman–Crippen LogP) is 4.05. The summed E-state index contributed by atoms with van der Waals surface area (Å²) in [5, 5.41) is 3.61. The summed E-state index contributed by atoms with van der Waals surface area (Å²) >= 11 is 4.30. The standard InChI is InChI=1S/C17H21NS/c1-14(15-8-4-2-5-9-15)17(18-12-13-19)16-10-6-3-7-11-16/h2-11,14,17-19H,12-13H2,1H3/t14-,17+/m1/s1. The van der Waals surface area contributed by atoms with Gasteiger partial charge in [-0.15, -0.1) is 0 Å². The van der Waals surface area contributed by atoms with Crippen LogP contribution in [-0.2, 0) is 0 Å². The highest BCUT2D eigenvalue weighted by Crippen LogP contribution is 2.30. The SMILES string of the molecule is C[C@H](c1ccccc1)[C@H](NCCS)c1ccccc1. The number of hydrogen-bond acceptors (Lipinski definition) is 2. The van der Waals surface area contributed by atoms with Gasteiger partial charge < -0.3 is 5.32 Å². The van der Waals surface area contributed by atoms with Gasteiger partial charge in [-0.1, -0.05) is 67.6 Å². The molecule has 2 rings (SSSR count). The van der Waals surface area contributed by atoms with Gasteiger partial charge in [0, 0.05) is 24.3 Å². The molecule has 0 saturated heterocycles. The molecule has 0 unspecified atom stereocenters. The fraction of sp³-hybridized carbons (Fsp3) is 0.294. The van der Waals surface area contributed by atoms with E-state index in [1.807, 2.05) is 0 Å². The normalized spacial score (nSPS) is 14.0. The maximum absolute atomic E-state index is 4.30. The predicted molar refractivity (Wildman–Crippen MR) is 85.9 cm³/mol. The third-order valence-electron chi connectivity index (χ3n) is 3.46. The minimum absolute atomic E-state index is 0.329. The first-order valence-corrected chi connectivity index (χ1v) is 7.40. The van der Waals surface area contributed by atoms with Crippen molar-refractivity contribution in [1.29, 1.82) is 0 Å². The van der Waals surface area contributed by atoms with Gasteiger partial charge in [0.2, 0.25) is 0 Å². The fourth-order valence-electron chi connectivity index (χ4n) is 2.41. The molecule has 2 atom stereocenters. The summed E-state index contributed by atoms with van der Waals surface area (Å²) < 4.78 is 0. The zero-order valence-electron chi connectivity index (χ0n) is 11.3. The second-order valence-electron chi connectivity index (χ2n) is 4.77. The van der Waals surface area contributed by atoms with E-state index in [0.717, 1.165) is 12.3 Å². The van der Waals surface area contributed by atoms with Gasteiger partial charge in [-0.05, 0) is 11.1 Å². The van der Waals surface area contributed by atoms with Crippen LogP contribution in [0.2, 0.25) is 0 Å². The number of rotatable bonds is 6. The highest BCUT2D eigenvalue weighted by Gasteiger charge is 2.19. The molecule has 1 nitrogen and oxygen atoms in total. The van der Waals surface area contributed by atoms with Gasteiger partial charge in [-0.2, -0.15) is 12.6 Å². The van der Waals surface area contributed by atoms with Gasteiger partial charge >= 0.3 is 0 Å². The van der Waals surface area contributed by atoms with Crippen LogP contribution in [-0.4, -0.2) is 12.3 Å². The minimum Gasteiger partial charge on any atom is -0.309 e. The Morgan fingerprint density at radius 1 is 0.895 bits per heavy atom. The van der Waals surface area contributed by atoms with Crippen molar-refractivity contribution in [2.24, 2.45) is 0 Å². The molecule has 2 aromatic rings. The molecule has 0 fully saturated rings. The zero-order valence-corrected chi connectivity index (χ0v) is 12.2. The van der Waals surface area contributed by atoms with Crippen molar-refractivity contribution in [2.75, 3.05) is 12.3 Å². The lowest BCUT2D eigenvalue weighted by atomic mass is 9.88. The molecule has 0 aliphatic rings. The lowest BCUT2D eigenvalue weighted by Crippen LogP contribution is -2.27. The lowest BCUT2D eigenvalue weighted by Gasteiger charge is -2.26. The molecule has 0 spiro atoms. The number of benzene rings is 2. The molecule has 2 heteroatoms. The van der Waals surface area contributed by atoms with Gasteiger partial charge in [0.1, 0.15) is 0 Å². The van der Waals surface area contributed by atoms with E-state index in [-0.39, 0.29) is 0 Å². The maximum atomic E-state index is 4.30. The second-order valence-corrected chi connectivity index (χ2v) is 5.21. The molecule has 1 N–H and O–H groups in total. The monoisotopic (exact) mass is 271 g/mol. The summed E-state index contributed by atoms with van der Waals surface area (Å²) in [7, 11) is 0. The summed E-state index contributed by atoms with van der Waals surface area (Å²) in [6.07, 6.45) is 0. The largest absolute Gasteiger partial charge is 0.309 e. The van der Waals surface area contributed by atoms with Gasteiger partial charge in [0.15, 0.2) is 0 Å². The van der Waals surface area contributed by atoms with E-state index in [1.165, 1.54) is 11.1 Å². The van der Waals surface area contributed by atoms with Gasteiger partial charge in [0.25, 0.3) is 0 Å². The number of hydrogen-bond donors (Lipinski definition) is 2. The van der Waals surface area contributed by atoms with E-state index >= 15 is 0 Å². The molecule has 0 heterocycles. The summed E-state index contributed by atoms with van der Waals surface area (Å²) in [4.78, 5) is 0. The van der Waals surface area contributed by atoms with Crippen LogP contribution < -0.4 is 5.32 Å². The van der Waals surface area contributed by atoms with Crippen LogP contribution in [0, 0.1) is 0 Å². The maximum Gasteiger partial charge on any atom is 0.0387 e. The Hall–Kier alpha value is -1.25. The Bertz CT molecular complexity index is 469. The van der Waals surface area contributed by atoms with E-state index in [0.29, 0.717) is 12.0 Å². The van der Waals surface area contributed by atoms with Gasteiger partial charge in [-0.25, -0.2) is 0 Å². The van der Waals surface area contributed by atoms with E-state index in [2.05, 4.69) is 85.5 Å². The Morgan fingerprint density at radius 3 is 1.95 bits per heavy atom. The molecule has 100 valence electrons. The topological polar surface area (TPSA) is 12.0 Å². The van der Waals surface area contributed by atoms with E-state index < -0.39 is 0 Å². The first kappa shape index (κ1) is 14.2. The Kier molecular flexibility index (Phi) is 5.49. The van der Waals surface area contributed by atoms with Crippen molar-refractivity contribution in [3.05, 3.63) is 71.8 Å². The second kappa shape index (κ2) is 7.37. The molecular weight excluding hydrogens is 250 g/mol. The van der Waals surface area contributed by atoms with E-state index in [1.54, 1.807) is 0 Å². The Labute approximate surface area is 121 Å². The first-order valence-electron chi connectivity index (χ1n) is 6.77. The van der Waals surface area contributed by atoms with Crippen LogP contribution in [0.3, 0.4) is 0 Å². The van der Waals surface area contributed by atoms with Crippen LogP contribution in [0.25, 0.3) is 0 Å². The van der Waals surface area contributed by atoms with Gasteiger partial charge in [-0.3, -0.25) is 0 Å². The molecule has 0 aliphatic heterocycles. The van der Waals surface area contributed by atoms with Crippen LogP contribution in [0.15, 0.2) is 60.7 Å². The molecule has 2 aromatic carbocycles. The molecule has 0 aliphatic carbocycles. The van der Waals surface area contributed by atoms with E-state index in [9.17, 15) is 0 Å². The minimum atomic E-state index is 0.329. The third-order valence-corrected chi connectivity index (χ3v) is 3.68. The summed E-state index contributed by atoms with van der Waals surface area (Å²) in [6.45, 7) is 3.19. The average molecular weight is 271 g/mol. The quantitative estimate of drug-likeness (QED) is 0.755. The van der Waals surface area contributed by atoms with Crippen LogP contribution in [0.1, 0.15) is 30.0 Å². The Balaban J connectivity index is 2.22. The molecular formula is C17H21NS. The Morgan fingerprint density at radius 2 is 1.42 bits per heavy atom. The summed E-state index contributed by atoms with van der Waals surface area (Å²) in [5.41, 5.74) is 2.70. The zero-order chi connectivity index (χ0) is 13.5. The van der Waals surface area contributed by atoms with Crippen molar-refractivity contribution in [3.8, 4) is 0 Å². The molecule has 0 bridgehead atoms. The number of thiol groups is 1.